The summed E-state index contributed by atoms with van der Waals surface area (Å²) < 4.78 is 34.3. The van der Waals surface area contributed by atoms with E-state index in [0.717, 1.165) is 24.8 Å². The van der Waals surface area contributed by atoms with Crippen LogP contribution in [0.3, 0.4) is 0 Å². The Morgan fingerprint density at radius 3 is 2.88 bits per heavy atom. The van der Waals surface area contributed by atoms with Crippen molar-refractivity contribution in [2.24, 2.45) is 0 Å². The maximum Gasteiger partial charge on any atom is 0.262 e. The molecule has 7 heteroatoms. The van der Waals surface area contributed by atoms with Crippen molar-refractivity contribution < 1.29 is 17.9 Å². The van der Waals surface area contributed by atoms with Crippen LogP contribution in [0.5, 0.6) is 5.75 Å². The lowest BCUT2D eigenvalue weighted by Gasteiger charge is -2.27. The molecule has 1 heterocycles. The topological polar surface area (TPSA) is 84.5 Å². The van der Waals surface area contributed by atoms with Crippen LogP contribution in [0.4, 0.5) is 5.69 Å². The van der Waals surface area contributed by atoms with E-state index >= 15 is 0 Å². The molecule has 1 aliphatic carbocycles. The minimum absolute atomic E-state index is 0.112. The second-order valence-corrected chi connectivity index (χ2v) is 8.40. The van der Waals surface area contributed by atoms with Crippen LogP contribution >= 0.6 is 0 Å². The molecule has 0 saturated heterocycles. The molecule has 4 rings (SSSR count). The first kappa shape index (κ1) is 17.1. The van der Waals surface area contributed by atoms with Gasteiger partial charge in [0.05, 0.1) is 10.6 Å². The third-order valence-electron chi connectivity index (χ3n) is 4.87. The van der Waals surface area contributed by atoms with Gasteiger partial charge in [-0.2, -0.15) is 0 Å². The minimum Gasteiger partial charge on any atom is -0.482 e. The zero-order chi connectivity index (χ0) is 18.3. The Hall–Kier alpha value is -2.38. The van der Waals surface area contributed by atoms with Gasteiger partial charge in [-0.15, -0.1) is 0 Å². The number of amides is 1. The van der Waals surface area contributed by atoms with Crippen LogP contribution < -0.4 is 14.8 Å². The molecule has 0 saturated carbocycles. The summed E-state index contributed by atoms with van der Waals surface area (Å²) in [6.07, 6.45) is 2.69. The van der Waals surface area contributed by atoms with E-state index in [0.29, 0.717) is 17.0 Å². The van der Waals surface area contributed by atoms with Gasteiger partial charge in [0.25, 0.3) is 5.91 Å². The van der Waals surface area contributed by atoms with E-state index < -0.39 is 10.0 Å². The van der Waals surface area contributed by atoms with Crippen LogP contribution in [-0.2, 0) is 21.2 Å². The monoisotopic (exact) mass is 372 g/mol. The van der Waals surface area contributed by atoms with E-state index in [4.69, 9.17) is 4.74 Å². The Balaban J connectivity index is 1.67. The summed E-state index contributed by atoms with van der Waals surface area (Å²) in [6.45, 7) is 1.60. The quantitative estimate of drug-likeness (QED) is 0.868. The fourth-order valence-corrected chi connectivity index (χ4v) is 5.12. The van der Waals surface area contributed by atoms with Gasteiger partial charge in [0, 0.05) is 12.1 Å². The predicted molar refractivity (Wildman–Crippen MR) is 97.7 cm³/mol. The molecular weight excluding hydrogens is 352 g/mol. The number of anilines is 1. The number of fused-ring (bicyclic) bond motifs is 2. The third kappa shape index (κ3) is 3.08. The van der Waals surface area contributed by atoms with E-state index in [1.54, 1.807) is 13.0 Å². The van der Waals surface area contributed by atoms with Gasteiger partial charge in [-0.3, -0.25) is 4.79 Å². The van der Waals surface area contributed by atoms with Gasteiger partial charge in [0.2, 0.25) is 10.0 Å². The van der Waals surface area contributed by atoms with Crippen LogP contribution in [-0.4, -0.2) is 20.9 Å². The van der Waals surface area contributed by atoms with Gasteiger partial charge in [-0.1, -0.05) is 24.3 Å². The first-order valence-electron chi connectivity index (χ1n) is 8.61. The molecule has 1 amide bonds. The smallest absolute Gasteiger partial charge is 0.262 e. The molecule has 0 fully saturated rings. The van der Waals surface area contributed by atoms with E-state index in [2.05, 4.69) is 16.1 Å². The van der Waals surface area contributed by atoms with Gasteiger partial charge < -0.3 is 10.1 Å². The first-order chi connectivity index (χ1) is 12.4. The third-order valence-corrected chi connectivity index (χ3v) is 6.48. The maximum absolute atomic E-state index is 13.0. The Labute approximate surface area is 152 Å². The molecule has 2 aromatic rings. The minimum atomic E-state index is -3.72. The SMILES string of the molecule is Cc1cc2c(cc1S(=O)(=O)NC1CCCc3ccccc31)OCC(=O)N2. The highest BCUT2D eigenvalue weighted by Gasteiger charge is 2.28. The molecule has 1 aliphatic heterocycles. The van der Waals surface area contributed by atoms with Gasteiger partial charge in [0.15, 0.2) is 6.61 Å². The summed E-state index contributed by atoms with van der Waals surface area (Å²) in [6, 6.07) is 10.8. The molecule has 0 spiro atoms. The lowest BCUT2D eigenvalue weighted by atomic mass is 9.88. The second-order valence-electron chi connectivity index (χ2n) is 6.72. The number of carbonyl (C=O) groups is 1. The van der Waals surface area contributed by atoms with Crippen molar-refractivity contribution in [3.63, 3.8) is 0 Å². The fraction of sp³-hybridized carbons (Fsp3) is 0.316. The number of carbonyl (C=O) groups excluding carboxylic acids is 1. The van der Waals surface area contributed by atoms with E-state index in [1.165, 1.54) is 11.6 Å². The highest BCUT2D eigenvalue weighted by atomic mass is 32.2. The van der Waals surface area contributed by atoms with Crippen molar-refractivity contribution in [2.75, 3.05) is 11.9 Å². The second kappa shape index (κ2) is 6.41. The highest BCUT2D eigenvalue weighted by Crippen LogP contribution is 2.35. The van der Waals surface area contributed by atoms with Gasteiger partial charge in [0.1, 0.15) is 5.75 Å². The molecule has 6 nitrogen and oxygen atoms in total. The van der Waals surface area contributed by atoms with Crippen molar-refractivity contribution in [1.82, 2.24) is 4.72 Å². The summed E-state index contributed by atoms with van der Waals surface area (Å²) >= 11 is 0. The average molecular weight is 372 g/mol. The molecule has 136 valence electrons. The number of ether oxygens (including phenoxy) is 1. The van der Waals surface area contributed by atoms with Crippen molar-refractivity contribution >= 4 is 21.6 Å². The van der Waals surface area contributed by atoms with Crippen LogP contribution in [0.25, 0.3) is 0 Å². The van der Waals surface area contributed by atoms with Gasteiger partial charge in [-0.25, -0.2) is 13.1 Å². The van der Waals surface area contributed by atoms with Crippen molar-refractivity contribution in [2.45, 2.75) is 37.1 Å². The molecular formula is C19H20N2O4S. The summed E-state index contributed by atoms with van der Waals surface area (Å²) in [7, 11) is -3.72. The molecule has 26 heavy (non-hydrogen) atoms. The van der Waals surface area contributed by atoms with Crippen LogP contribution in [0.1, 0.15) is 35.6 Å². The molecule has 1 unspecified atom stereocenters. The molecule has 2 aliphatic rings. The van der Waals surface area contributed by atoms with Crippen LogP contribution in [0.15, 0.2) is 41.3 Å². The largest absolute Gasteiger partial charge is 0.482 e. The lowest BCUT2D eigenvalue weighted by Crippen LogP contribution is -2.32. The molecule has 2 aromatic carbocycles. The zero-order valence-electron chi connectivity index (χ0n) is 14.4. The predicted octanol–water partition coefficient (Wildman–Crippen LogP) is 2.68. The number of aryl methyl sites for hydroxylation is 2. The Morgan fingerprint density at radius 1 is 1.23 bits per heavy atom. The fourth-order valence-electron chi connectivity index (χ4n) is 3.63. The summed E-state index contributed by atoms with van der Waals surface area (Å²) in [4.78, 5) is 11.6. The van der Waals surface area contributed by atoms with Crippen LogP contribution in [0.2, 0.25) is 0 Å². The Bertz CT molecular complexity index is 985. The first-order valence-corrected chi connectivity index (χ1v) is 10.1. The van der Waals surface area contributed by atoms with Crippen molar-refractivity contribution in [3.05, 3.63) is 53.1 Å². The summed E-state index contributed by atoms with van der Waals surface area (Å²) in [5.74, 6) is 0.129. The number of hydrogen-bond acceptors (Lipinski definition) is 4. The van der Waals surface area contributed by atoms with E-state index in [-0.39, 0.29) is 23.5 Å². The molecule has 2 N–H and O–H groups in total. The highest BCUT2D eigenvalue weighted by molar-refractivity contribution is 7.89. The van der Waals surface area contributed by atoms with Gasteiger partial charge in [-0.05, 0) is 48.9 Å². The van der Waals surface area contributed by atoms with Crippen molar-refractivity contribution in [1.29, 1.82) is 0 Å². The van der Waals surface area contributed by atoms with E-state index in [1.807, 2.05) is 18.2 Å². The van der Waals surface area contributed by atoms with Crippen LogP contribution in [0, 0.1) is 6.92 Å². The number of hydrogen-bond donors (Lipinski definition) is 2. The number of nitrogens with one attached hydrogen (secondary N) is 2. The standard InChI is InChI=1S/C19H20N2O4S/c1-12-9-16-17(25-11-19(22)20-16)10-18(12)26(23,24)21-15-8-4-6-13-5-2-3-7-14(13)15/h2-3,5,7,9-10,15,21H,4,6,8,11H2,1H3,(H,20,22). The maximum atomic E-state index is 13.0. The average Bonchev–Trinajstić information content (AvgIpc) is 2.61. The normalized spacial score (nSPS) is 19.1. The van der Waals surface area contributed by atoms with Crippen molar-refractivity contribution in [3.8, 4) is 5.75 Å². The number of sulfonamides is 1. The molecule has 0 aromatic heterocycles. The lowest BCUT2D eigenvalue weighted by molar-refractivity contribution is -0.118. The summed E-state index contributed by atoms with van der Waals surface area (Å²) in [5, 5.41) is 2.69. The Kier molecular flexibility index (Phi) is 4.20. The molecule has 1 atom stereocenters. The van der Waals surface area contributed by atoms with E-state index in [9.17, 15) is 13.2 Å². The molecule has 0 bridgehead atoms. The van der Waals surface area contributed by atoms with Gasteiger partial charge >= 0.3 is 0 Å². The summed E-state index contributed by atoms with van der Waals surface area (Å²) in [5.41, 5.74) is 3.30. The zero-order valence-corrected chi connectivity index (χ0v) is 15.2. The Morgan fingerprint density at radius 2 is 2.04 bits per heavy atom. The number of rotatable bonds is 3. The molecule has 0 radical (unpaired) electrons. The number of benzene rings is 2.